The highest BCUT2D eigenvalue weighted by molar-refractivity contribution is 5.48. The van der Waals surface area contributed by atoms with Crippen LogP contribution in [0.1, 0.15) is 28.6 Å². The molecule has 0 saturated carbocycles. The van der Waals surface area contributed by atoms with Crippen LogP contribution < -0.4 is 4.90 Å². The third-order valence-electron chi connectivity index (χ3n) is 6.32. The van der Waals surface area contributed by atoms with Crippen molar-refractivity contribution >= 4 is 5.69 Å². The molecule has 1 aliphatic rings. The Labute approximate surface area is 197 Å². The summed E-state index contributed by atoms with van der Waals surface area (Å²) in [6, 6.07) is 21.5. The van der Waals surface area contributed by atoms with E-state index in [0.717, 1.165) is 30.0 Å². The predicted molar refractivity (Wildman–Crippen MR) is 127 cm³/mol. The van der Waals surface area contributed by atoms with Crippen molar-refractivity contribution in [2.45, 2.75) is 19.5 Å². The molecule has 1 atom stereocenters. The Balaban J connectivity index is 1.43. The fourth-order valence-electron chi connectivity index (χ4n) is 4.48. The summed E-state index contributed by atoms with van der Waals surface area (Å²) in [5.41, 5.74) is 3.83. The average molecular weight is 461 g/mol. The van der Waals surface area contributed by atoms with Crippen LogP contribution in [0.5, 0.6) is 0 Å². The van der Waals surface area contributed by atoms with Crippen molar-refractivity contribution in [2.75, 3.05) is 31.1 Å². The SMILES string of the molecule is Cc1ccc([C@@H](c2nnnn2Cc2ccc(F)cc2)N2CCN(c3ccccc3F)CC2)cc1. The van der Waals surface area contributed by atoms with Crippen molar-refractivity contribution in [3.8, 4) is 0 Å². The number of hydrogen-bond acceptors (Lipinski definition) is 5. The van der Waals surface area contributed by atoms with E-state index >= 15 is 0 Å². The lowest BCUT2D eigenvalue weighted by atomic mass is 10.0. The fraction of sp³-hybridized carbons (Fsp3) is 0.269. The zero-order valence-electron chi connectivity index (χ0n) is 19.0. The number of tetrazole rings is 1. The largest absolute Gasteiger partial charge is 0.367 e. The zero-order valence-corrected chi connectivity index (χ0v) is 19.0. The molecule has 6 nitrogen and oxygen atoms in total. The summed E-state index contributed by atoms with van der Waals surface area (Å²) in [4.78, 5) is 4.42. The van der Waals surface area contributed by atoms with Gasteiger partial charge in [0.1, 0.15) is 11.6 Å². The van der Waals surface area contributed by atoms with Gasteiger partial charge in [-0.2, -0.15) is 0 Å². The molecule has 1 fully saturated rings. The lowest BCUT2D eigenvalue weighted by molar-refractivity contribution is 0.201. The van der Waals surface area contributed by atoms with E-state index in [0.29, 0.717) is 25.3 Å². The number of aromatic nitrogens is 4. The van der Waals surface area contributed by atoms with E-state index in [4.69, 9.17) is 0 Å². The molecule has 0 N–H and O–H groups in total. The van der Waals surface area contributed by atoms with Gasteiger partial charge in [0.05, 0.1) is 18.3 Å². The van der Waals surface area contributed by atoms with Gasteiger partial charge in [0, 0.05) is 26.2 Å². The normalized spacial score (nSPS) is 15.4. The van der Waals surface area contributed by atoms with E-state index in [1.807, 2.05) is 12.1 Å². The van der Waals surface area contributed by atoms with Crippen LogP contribution in [0.4, 0.5) is 14.5 Å². The van der Waals surface area contributed by atoms with Crippen molar-refractivity contribution in [3.05, 3.63) is 107 Å². The van der Waals surface area contributed by atoms with Crippen LogP contribution in [-0.2, 0) is 6.54 Å². The topological polar surface area (TPSA) is 50.1 Å². The average Bonchev–Trinajstić information content (AvgIpc) is 3.30. The second kappa shape index (κ2) is 9.69. The maximum absolute atomic E-state index is 14.3. The quantitative estimate of drug-likeness (QED) is 0.431. The summed E-state index contributed by atoms with van der Waals surface area (Å²) in [7, 11) is 0. The molecule has 174 valence electrons. The smallest absolute Gasteiger partial charge is 0.173 e. The second-order valence-electron chi connectivity index (χ2n) is 8.61. The molecule has 0 bridgehead atoms. The minimum Gasteiger partial charge on any atom is -0.367 e. The van der Waals surface area contributed by atoms with Crippen LogP contribution in [0.25, 0.3) is 0 Å². The summed E-state index contributed by atoms with van der Waals surface area (Å²) in [5, 5.41) is 12.6. The number of anilines is 1. The van der Waals surface area contributed by atoms with Crippen molar-refractivity contribution in [2.24, 2.45) is 0 Å². The third kappa shape index (κ3) is 4.68. The standard InChI is InChI=1S/C26H26F2N6/c1-19-6-10-21(11-7-19)25(26-29-30-31-34(26)18-20-8-12-22(27)13-9-20)33-16-14-32(15-17-33)24-5-3-2-4-23(24)28/h2-13,25H,14-18H2,1H3/t25-/m0/s1. The number of halogens is 2. The zero-order chi connectivity index (χ0) is 23.5. The summed E-state index contributed by atoms with van der Waals surface area (Å²) in [6.07, 6.45) is 0. The van der Waals surface area contributed by atoms with Crippen LogP contribution in [0.3, 0.4) is 0 Å². The Kier molecular flexibility index (Phi) is 6.31. The summed E-state index contributed by atoms with van der Waals surface area (Å²) < 4.78 is 29.5. The molecule has 1 saturated heterocycles. The van der Waals surface area contributed by atoms with Crippen LogP contribution in [0.15, 0.2) is 72.8 Å². The summed E-state index contributed by atoms with van der Waals surface area (Å²) >= 11 is 0. The Morgan fingerprint density at radius 2 is 1.56 bits per heavy atom. The molecule has 0 unspecified atom stereocenters. The molecule has 0 amide bonds. The van der Waals surface area contributed by atoms with Gasteiger partial charge < -0.3 is 4.90 Å². The predicted octanol–water partition coefficient (Wildman–Crippen LogP) is 4.22. The molecule has 0 spiro atoms. The molecule has 8 heteroatoms. The van der Waals surface area contributed by atoms with Gasteiger partial charge in [0.15, 0.2) is 5.82 Å². The van der Waals surface area contributed by atoms with Gasteiger partial charge in [0.2, 0.25) is 0 Å². The maximum Gasteiger partial charge on any atom is 0.173 e. The monoisotopic (exact) mass is 460 g/mol. The minimum absolute atomic E-state index is 0.154. The second-order valence-corrected chi connectivity index (χ2v) is 8.61. The third-order valence-corrected chi connectivity index (χ3v) is 6.32. The van der Waals surface area contributed by atoms with Crippen molar-refractivity contribution in [1.82, 2.24) is 25.1 Å². The first-order valence-corrected chi connectivity index (χ1v) is 11.4. The number of nitrogens with zero attached hydrogens (tertiary/aromatic N) is 6. The van der Waals surface area contributed by atoms with Crippen molar-refractivity contribution in [1.29, 1.82) is 0 Å². The number of hydrogen-bond donors (Lipinski definition) is 0. The number of para-hydroxylation sites is 1. The summed E-state index contributed by atoms with van der Waals surface area (Å²) in [5.74, 6) is 0.257. The van der Waals surface area contributed by atoms with Crippen molar-refractivity contribution in [3.63, 3.8) is 0 Å². The molecule has 1 aliphatic heterocycles. The summed E-state index contributed by atoms with van der Waals surface area (Å²) in [6.45, 7) is 5.36. The Morgan fingerprint density at radius 1 is 0.853 bits per heavy atom. The molecule has 2 heterocycles. The number of benzene rings is 3. The van der Waals surface area contributed by atoms with Gasteiger partial charge in [-0.1, -0.05) is 54.1 Å². The van der Waals surface area contributed by atoms with E-state index in [1.54, 1.807) is 22.9 Å². The molecule has 0 radical (unpaired) electrons. The van der Waals surface area contributed by atoms with E-state index in [2.05, 4.69) is 56.5 Å². The number of rotatable bonds is 6. The lowest BCUT2D eigenvalue weighted by Crippen LogP contribution is -2.48. The van der Waals surface area contributed by atoms with E-state index < -0.39 is 0 Å². The van der Waals surface area contributed by atoms with E-state index in [9.17, 15) is 8.78 Å². The molecule has 3 aromatic carbocycles. The fourth-order valence-corrected chi connectivity index (χ4v) is 4.48. The van der Waals surface area contributed by atoms with Gasteiger partial charge in [-0.25, -0.2) is 13.5 Å². The first-order valence-electron chi connectivity index (χ1n) is 11.4. The highest BCUT2D eigenvalue weighted by Crippen LogP contribution is 2.30. The first kappa shape index (κ1) is 22.2. The van der Waals surface area contributed by atoms with Crippen LogP contribution in [0.2, 0.25) is 0 Å². The van der Waals surface area contributed by atoms with Gasteiger partial charge in [-0.3, -0.25) is 4.90 Å². The highest BCUT2D eigenvalue weighted by atomic mass is 19.1. The molecular weight excluding hydrogens is 434 g/mol. The van der Waals surface area contributed by atoms with Crippen LogP contribution in [0, 0.1) is 18.6 Å². The Bertz CT molecular complexity index is 1230. The van der Waals surface area contributed by atoms with Gasteiger partial charge in [-0.05, 0) is 52.7 Å². The molecule has 1 aromatic heterocycles. The lowest BCUT2D eigenvalue weighted by Gasteiger charge is -2.40. The van der Waals surface area contributed by atoms with Crippen molar-refractivity contribution < 1.29 is 8.78 Å². The molecular formula is C26H26F2N6. The highest BCUT2D eigenvalue weighted by Gasteiger charge is 2.31. The molecule has 5 rings (SSSR count). The minimum atomic E-state index is -0.272. The number of piperazine rings is 1. The Hall–Kier alpha value is -3.65. The van der Waals surface area contributed by atoms with Gasteiger partial charge >= 0.3 is 0 Å². The molecule has 34 heavy (non-hydrogen) atoms. The van der Waals surface area contributed by atoms with Gasteiger partial charge in [-0.15, -0.1) is 5.10 Å². The molecule has 0 aliphatic carbocycles. The Morgan fingerprint density at radius 3 is 2.26 bits per heavy atom. The van der Waals surface area contributed by atoms with E-state index in [1.165, 1.54) is 23.8 Å². The van der Waals surface area contributed by atoms with E-state index in [-0.39, 0.29) is 17.7 Å². The first-order chi connectivity index (χ1) is 16.6. The van der Waals surface area contributed by atoms with Crippen LogP contribution >= 0.6 is 0 Å². The number of aryl methyl sites for hydroxylation is 1. The maximum atomic E-state index is 14.3. The molecule has 4 aromatic rings. The van der Waals surface area contributed by atoms with Crippen LogP contribution in [-0.4, -0.2) is 51.3 Å². The van der Waals surface area contributed by atoms with Gasteiger partial charge in [0.25, 0.3) is 0 Å².